The van der Waals surface area contributed by atoms with E-state index in [9.17, 15) is 4.79 Å². The van der Waals surface area contributed by atoms with Crippen molar-refractivity contribution in [3.05, 3.63) is 47.3 Å². The molecule has 0 spiro atoms. The van der Waals surface area contributed by atoms with Crippen LogP contribution in [0.5, 0.6) is 5.75 Å². The number of benzene rings is 1. The molecule has 27 heavy (non-hydrogen) atoms. The van der Waals surface area contributed by atoms with Crippen molar-refractivity contribution in [3.8, 4) is 5.75 Å². The van der Waals surface area contributed by atoms with Gasteiger partial charge in [0.15, 0.2) is 0 Å². The molecule has 0 radical (unpaired) electrons. The van der Waals surface area contributed by atoms with Crippen LogP contribution in [0.2, 0.25) is 0 Å². The van der Waals surface area contributed by atoms with E-state index in [1.807, 2.05) is 60.7 Å². The summed E-state index contributed by atoms with van der Waals surface area (Å²) in [6.07, 6.45) is 0. The van der Waals surface area contributed by atoms with Crippen molar-refractivity contribution >= 4 is 30.7 Å². The molecule has 0 bridgehead atoms. The first kappa shape index (κ1) is 23.3. The molecule has 1 aromatic heterocycles. The molecular weight excluding hydrogens is 387 g/mol. The number of hydrogen-bond donors (Lipinski definition) is 1. The number of amides is 1. The zero-order valence-corrected chi connectivity index (χ0v) is 17.8. The number of ether oxygens (including phenoxy) is 1. The highest BCUT2D eigenvalue weighted by atomic mass is 35.5. The average Bonchev–Trinajstić information content (AvgIpc) is 2.98. The van der Waals surface area contributed by atoms with Crippen LogP contribution in [0.15, 0.2) is 30.3 Å². The van der Waals surface area contributed by atoms with E-state index in [2.05, 4.69) is 10.4 Å². The van der Waals surface area contributed by atoms with Crippen LogP contribution >= 0.6 is 24.8 Å². The Kier molecular flexibility index (Phi) is 8.59. The Hall–Kier alpha value is -1.76. The molecule has 1 aliphatic heterocycles. The summed E-state index contributed by atoms with van der Waals surface area (Å²) in [5, 5.41) is 7.88. The number of rotatable bonds is 4. The summed E-state index contributed by atoms with van der Waals surface area (Å²) >= 11 is 0. The summed E-state index contributed by atoms with van der Waals surface area (Å²) in [4.78, 5) is 15.2. The van der Waals surface area contributed by atoms with Gasteiger partial charge < -0.3 is 15.0 Å². The zero-order chi connectivity index (χ0) is 18.0. The van der Waals surface area contributed by atoms with Crippen LogP contribution < -0.4 is 10.1 Å². The van der Waals surface area contributed by atoms with Gasteiger partial charge in [-0.25, -0.2) is 0 Å². The highest BCUT2D eigenvalue weighted by Gasteiger charge is 2.33. The smallest absolute Gasteiger partial charge is 0.247 e. The maximum Gasteiger partial charge on any atom is 0.247 e. The molecule has 2 atom stereocenters. The van der Waals surface area contributed by atoms with Crippen molar-refractivity contribution in [2.24, 2.45) is 0 Å². The number of nitrogens with one attached hydrogen (secondary N) is 1. The predicted octanol–water partition coefficient (Wildman–Crippen LogP) is 3.09. The van der Waals surface area contributed by atoms with E-state index in [1.165, 1.54) is 0 Å². The van der Waals surface area contributed by atoms with E-state index in [-0.39, 0.29) is 42.8 Å². The fourth-order valence-electron chi connectivity index (χ4n) is 3.57. The molecule has 0 saturated carbocycles. The van der Waals surface area contributed by atoms with Crippen molar-refractivity contribution in [2.45, 2.75) is 32.9 Å². The Labute approximate surface area is 173 Å². The minimum Gasteiger partial charge on any atom is -0.496 e. The lowest BCUT2D eigenvalue weighted by atomic mass is 10.0. The van der Waals surface area contributed by atoms with E-state index in [0.717, 1.165) is 35.8 Å². The van der Waals surface area contributed by atoms with Gasteiger partial charge in [-0.3, -0.25) is 9.48 Å². The summed E-state index contributed by atoms with van der Waals surface area (Å²) < 4.78 is 7.33. The lowest BCUT2D eigenvalue weighted by Crippen LogP contribution is -2.50. The van der Waals surface area contributed by atoms with Gasteiger partial charge >= 0.3 is 0 Å². The Bertz CT molecular complexity index is 766. The largest absolute Gasteiger partial charge is 0.496 e. The topological polar surface area (TPSA) is 59.4 Å². The first-order valence-electron chi connectivity index (χ1n) is 8.69. The molecule has 1 aromatic carbocycles. The van der Waals surface area contributed by atoms with Gasteiger partial charge in [0.05, 0.1) is 18.8 Å². The van der Waals surface area contributed by atoms with Crippen LogP contribution in [-0.2, 0) is 4.79 Å². The van der Waals surface area contributed by atoms with Crippen LogP contribution in [-0.4, -0.2) is 47.3 Å². The molecule has 3 rings (SSSR count). The zero-order valence-electron chi connectivity index (χ0n) is 16.1. The van der Waals surface area contributed by atoms with Crippen LogP contribution in [0.4, 0.5) is 0 Å². The van der Waals surface area contributed by atoms with E-state index in [4.69, 9.17) is 4.74 Å². The number of para-hydroxylation sites is 1. The minimum absolute atomic E-state index is 0. The summed E-state index contributed by atoms with van der Waals surface area (Å²) in [6.45, 7) is 8.04. The van der Waals surface area contributed by atoms with E-state index >= 15 is 0 Å². The lowest BCUT2D eigenvalue weighted by Gasteiger charge is -2.38. The van der Waals surface area contributed by atoms with Crippen molar-refractivity contribution in [1.29, 1.82) is 0 Å². The first-order chi connectivity index (χ1) is 12.0. The molecule has 2 heterocycles. The van der Waals surface area contributed by atoms with Gasteiger partial charge in [0.2, 0.25) is 5.91 Å². The number of halogens is 2. The SMILES string of the molecule is COc1ccccc1C1CNCCN1C(=O)C(C)n1nc(C)cc1C.Cl.Cl. The molecule has 8 heteroatoms. The van der Waals surface area contributed by atoms with Crippen LogP contribution in [0.25, 0.3) is 0 Å². The molecule has 1 N–H and O–H groups in total. The molecule has 1 aliphatic rings. The Morgan fingerprint density at radius 3 is 2.63 bits per heavy atom. The third kappa shape index (κ3) is 4.75. The van der Waals surface area contributed by atoms with Gasteiger partial charge in [0.1, 0.15) is 11.8 Å². The van der Waals surface area contributed by atoms with Gasteiger partial charge in [-0.05, 0) is 32.9 Å². The second-order valence-corrected chi connectivity index (χ2v) is 6.54. The Morgan fingerprint density at radius 1 is 1.30 bits per heavy atom. The van der Waals surface area contributed by atoms with Crippen molar-refractivity contribution < 1.29 is 9.53 Å². The van der Waals surface area contributed by atoms with Crippen LogP contribution in [0.3, 0.4) is 0 Å². The van der Waals surface area contributed by atoms with Crippen molar-refractivity contribution in [2.75, 3.05) is 26.7 Å². The molecule has 2 aromatic rings. The Morgan fingerprint density at radius 2 is 2.00 bits per heavy atom. The van der Waals surface area contributed by atoms with Crippen LogP contribution in [0, 0.1) is 13.8 Å². The quantitative estimate of drug-likeness (QED) is 0.834. The number of piperazine rings is 1. The van der Waals surface area contributed by atoms with Gasteiger partial charge in [-0.2, -0.15) is 5.10 Å². The summed E-state index contributed by atoms with van der Waals surface area (Å²) in [7, 11) is 1.67. The summed E-state index contributed by atoms with van der Waals surface area (Å²) in [5.41, 5.74) is 2.96. The molecule has 1 amide bonds. The Balaban J connectivity index is 0.00000182. The van der Waals surface area contributed by atoms with E-state index in [0.29, 0.717) is 6.54 Å². The number of methoxy groups -OCH3 is 1. The standard InChI is InChI=1S/C19H26N4O2.2ClH/c1-13-11-14(2)23(21-13)15(3)19(24)22-10-9-20-12-17(22)16-7-5-6-8-18(16)25-4;;/h5-8,11,15,17,20H,9-10,12H2,1-4H3;2*1H. The number of carbonyl (C=O) groups excluding carboxylic acids is 1. The second-order valence-electron chi connectivity index (χ2n) is 6.54. The fraction of sp³-hybridized carbons (Fsp3) is 0.474. The van der Waals surface area contributed by atoms with Gasteiger partial charge in [-0.1, -0.05) is 18.2 Å². The average molecular weight is 415 g/mol. The molecule has 0 aliphatic carbocycles. The van der Waals surface area contributed by atoms with E-state index in [1.54, 1.807) is 7.11 Å². The highest BCUT2D eigenvalue weighted by molar-refractivity contribution is 5.85. The van der Waals surface area contributed by atoms with Gasteiger partial charge in [-0.15, -0.1) is 24.8 Å². The minimum atomic E-state index is -0.330. The van der Waals surface area contributed by atoms with E-state index < -0.39 is 0 Å². The molecule has 1 fully saturated rings. The number of aromatic nitrogens is 2. The molecule has 150 valence electrons. The number of aryl methyl sites for hydroxylation is 2. The fourth-order valence-corrected chi connectivity index (χ4v) is 3.57. The monoisotopic (exact) mass is 414 g/mol. The van der Waals surface area contributed by atoms with Crippen LogP contribution in [0.1, 0.15) is 36.0 Å². The van der Waals surface area contributed by atoms with Gasteiger partial charge in [0, 0.05) is 30.9 Å². The maximum atomic E-state index is 13.2. The normalized spacial score (nSPS) is 17.5. The van der Waals surface area contributed by atoms with Crippen molar-refractivity contribution in [3.63, 3.8) is 0 Å². The summed E-state index contributed by atoms with van der Waals surface area (Å²) in [5.74, 6) is 0.899. The highest BCUT2D eigenvalue weighted by Crippen LogP contribution is 2.31. The van der Waals surface area contributed by atoms with Gasteiger partial charge in [0.25, 0.3) is 0 Å². The summed E-state index contributed by atoms with van der Waals surface area (Å²) in [6, 6.07) is 9.53. The lowest BCUT2D eigenvalue weighted by molar-refractivity contribution is -0.138. The maximum absolute atomic E-state index is 13.2. The first-order valence-corrected chi connectivity index (χ1v) is 8.69. The van der Waals surface area contributed by atoms with Crippen molar-refractivity contribution in [1.82, 2.24) is 20.0 Å². The second kappa shape index (κ2) is 9.97. The number of nitrogens with zero attached hydrogens (tertiary/aromatic N) is 3. The molecule has 2 unspecified atom stereocenters. The third-order valence-corrected chi connectivity index (χ3v) is 4.79. The molecule has 1 saturated heterocycles. The molecular formula is C19H28Cl2N4O2. The third-order valence-electron chi connectivity index (χ3n) is 4.79. The number of hydrogen-bond acceptors (Lipinski definition) is 4. The number of carbonyl (C=O) groups is 1. The predicted molar refractivity (Wildman–Crippen MR) is 111 cm³/mol. The molecule has 6 nitrogen and oxygen atoms in total.